The molecule has 0 radical (unpaired) electrons. The molecule has 62 valence electrons. The van der Waals surface area contributed by atoms with Crippen molar-refractivity contribution in [2.75, 3.05) is 0 Å². The summed E-state index contributed by atoms with van der Waals surface area (Å²) in [5, 5.41) is 9.57. The van der Waals surface area contributed by atoms with Crippen LogP contribution in [0.15, 0.2) is 24.8 Å². The molecule has 1 heteroatoms. The Morgan fingerprint density at radius 1 is 1.73 bits per heavy atom. The lowest BCUT2D eigenvalue weighted by Crippen LogP contribution is -2.25. The van der Waals surface area contributed by atoms with Crippen molar-refractivity contribution >= 4 is 0 Å². The van der Waals surface area contributed by atoms with Gasteiger partial charge in [-0.25, -0.2) is 0 Å². The summed E-state index contributed by atoms with van der Waals surface area (Å²) in [5.41, 5.74) is 0. The summed E-state index contributed by atoms with van der Waals surface area (Å²) < 4.78 is 0. The Morgan fingerprint density at radius 3 is 3.00 bits per heavy atom. The Labute approximate surface area is 68.4 Å². The molecule has 0 aromatic heterocycles. The number of hydrogen-bond donors (Lipinski definition) is 1. The first kappa shape index (κ1) is 8.54. The summed E-state index contributed by atoms with van der Waals surface area (Å²) in [6.45, 7) is 5.82. The quantitative estimate of drug-likeness (QED) is 0.601. The average Bonchev–Trinajstić information content (AvgIpc) is 2.04. The fourth-order valence-corrected chi connectivity index (χ4v) is 1.52. The van der Waals surface area contributed by atoms with Gasteiger partial charge < -0.3 is 5.11 Å². The van der Waals surface area contributed by atoms with Crippen molar-refractivity contribution in [2.45, 2.75) is 25.9 Å². The molecule has 0 spiro atoms. The second-order valence-corrected chi connectivity index (χ2v) is 3.25. The van der Waals surface area contributed by atoms with Crippen LogP contribution in [0.25, 0.3) is 0 Å². The molecule has 0 aromatic carbocycles. The van der Waals surface area contributed by atoms with Crippen LogP contribution in [-0.2, 0) is 0 Å². The van der Waals surface area contributed by atoms with E-state index in [1.54, 1.807) is 0 Å². The smallest absolute Gasteiger partial charge is 0.0611 e. The molecule has 0 aromatic rings. The highest BCUT2D eigenvalue weighted by Crippen LogP contribution is 2.25. The zero-order chi connectivity index (χ0) is 8.27. The van der Waals surface area contributed by atoms with Crippen LogP contribution in [0, 0.1) is 11.8 Å². The van der Waals surface area contributed by atoms with Crippen molar-refractivity contribution in [1.29, 1.82) is 0 Å². The van der Waals surface area contributed by atoms with Gasteiger partial charge in [-0.05, 0) is 18.8 Å². The Kier molecular flexibility index (Phi) is 2.89. The van der Waals surface area contributed by atoms with Gasteiger partial charge in [0.05, 0.1) is 6.10 Å². The van der Waals surface area contributed by atoms with Crippen molar-refractivity contribution in [3.63, 3.8) is 0 Å². The molecule has 0 amide bonds. The molecule has 1 aliphatic carbocycles. The molecular weight excluding hydrogens is 136 g/mol. The monoisotopic (exact) mass is 152 g/mol. The zero-order valence-corrected chi connectivity index (χ0v) is 7.03. The Bertz CT molecular complexity index is 160. The molecule has 11 heavy (non-hydrogen) atoms. The topological polar surface area (TPSA) is 20.2 Å². The van der Waals surface area contributed by atoms with Crippen molar-refractivity contribution in [3.8, 4) is 0 Å². The minimum atomic E-state index is -0.159. The molecule has 1 N–H and O–H groups in total. The second-order valence-electron chi connectivity index (χ2n) is 3.25. The van der Waals surface area contributed by atoms with Crippen LogP contribution in [0.3, 0.4) is 0 Å². The van der Waals surface area contributed by atoms with E-state index in [2.05, 4.69) is 25.7 Å². The van der Waals surface area contributed by atoms with Crippen LogP contribution in [0.1, 0.15) is 19.8 Å². The lowest BCUT2D eigenvalue weighted by atomic mass is 9.83. The summed E-state index contributed by atoms with van der Waals surface area (Å²) in [7, 11) is 0. The zero-order valence-electron chi connectivity index (χ0n) is 7.03. The first-order valence-electron chi connectivity index (χ1n) is 4.23. The molecule has 3 unspecified atom stereocenters. The van der Waals surface area contributed by atoms with Gasteiger partial charge in [-0.15, -0.1) is 6.58 Å². The molecule has 0 saturated heterocycles. The Hall–Kier alpha value is -0.560. The lowest BCUT2D eigenvalue weighted by molar-refractivity contribution is 0.0998. The highest BCUT2D eigenvalue weighted by Gasteiger charge is 2.22. The highest BCUT2D eigenvalue weighted by molar-refractivity contribution is 5.02. The van der Waals surface area contributed by atoms with Gasteiger partial charge in [-0.3, -0.25) is 0 Å². The first-order valence-corrected chi connectivity index (χ1v) is 4.23. The van der Waals surface area contributed by atoms with E-state index in [0.717, 1.165) is 12.8 Å². The number of hydrogen-bond acceptors (Lipinski definition) is 1. The molecule has 0 heterocycles. The van der Waals surface area contributed by atoms with Gasteiger partial charge in [0.25, 0.3) is 0 Å². The predicted octanol–water partition coefficient (Wildman–Crippen LogP) is 2.14. The fourth-order valence-electron chi connectivity index (χ4n) is 1.52. The minimum absolute atomic E-state index is 0.159. The third-order valence-electron chi connectivity index (χ3n) is 2.41. The maximum absolute atomic E-state index is 9.57. The number of aliphatic hydroxyl groups excluding tert-OH is 1. The van der Waals surface area contributed by atoms with Gasteiger partial charge in [0, 0.05) is 5.92 Å². The Balaban J connectivity index is 2.60. The van der Waals surface area contributed by atoms with Gasteiger partial charge in [-0.1, -0.05) is 25.2 Å². The van der Waals surface area contributed by atoms with Gasteiger partial charge in [-0.2, -0.15) is 0 Å². The average molecular weight is 152 g/mol. The van der Waals surface area contributed by atoms with Gasteiger partial charge in [0.2, 0.25) is 0 Å². The number of aliphatic hydroxyl groups is 1. The Morgan fingerprint density at radius 2 is 2.45 bits per heavy atom. The highest BCUT2D eigenvalue weighted by atomic mass is 16.3. The molecule has 0 saturated carbocycles. The minimum Gasteiger partial charge on any atom is -0.392 e. The lowest BCUT2D eigenvalue weighted by Gasteiger charge is -2.26. The van der Waals surface area contributed by atoms with Crippen molar-refractivity contribution < 1.29 is 5.11 Å². The van der Waals surface area contributed by atoms with E-state index in [1.807, 2.05) is 6.08 Å². The third kappa shape index (κ3) is 1.93. The van der Waals surface area contributed by atoms with Crippen LogP contribution in [0.4, 0.5) is 0 Å². The van der Waals surface area contributed by atoms with E-state index in [-0.39, 0.29) is 6.10 Å². The molecule has 0 bridgehead atoms. The third-order valence-corrected chi connectivity index (χ3v) is 2.41. The van der Waals surface area contributed by atoms with Crippen molar-refractivity contribution in [1.82, 2.24) is 0 Å². The van der Waals surface area contributed by atoms with Crippen LogP contribution in [0.2, 0.25) is 0 Å². The maximum atomic E-state index is 9.57. The standard InChI is InChI=1S/C10H16O/c1-3-8(2)9-6-4-5-7-10(9)11/h3-4,6,8-11H,1,5,7H2,2H3. The van der Waals surface area contributed by atoms with Crippen LogP contribution >= 0.6 is 0 Å². The molecule has 0 fully saturated rings. The first-order chi connectivity index (χ1) is 5.25. The van der Waals surface area contributed by atoms with Crippen LogP contribution in [-0.4, -0.2) is 11.2 Å². The predicted molar refractivity (Wildman–Crippen MR) is 47.2 cm³/mol. The van der Waals surface area contributed by atoms with Crippen molar-refractivity contribution in [3.05, 3.63) is 24.8 Å². The summed E-state index contributed by atoms with van der Waals surface area (Å²) >= 11 is 0. The van der Waals surface area contributed by atoms with Crippen LogP contribution < -0.4 is 0 Å². The second kappa shape index (κ2) is 3.72. The molecule has 1 nitrogen and oxygen atoms in total. The SMILES string of the molecule is C=CC(C)C1C=CCCC1O. The summed E-state index contributed by atoms with van der Waals surface area (Å²) in [4.78, 5) is 0. The normalized spacial score (nSPS) is 33.3. The van der Waals surface area contributed by atoms with E-state index in [4.69, 9.17) is 0 Å². The molecule has 0 aliphatic heterocycles. The van der Waals surface area contributed by atoms with E-state index in [0.29, 0.717) is 11.8 Å². The largest absolute Gasteiger partial charge is 0.392 e. The van der Waals surface area contributed by atoms with Crippen molar-refractivity contribution in [2.24, 2.45) is 11.8 Å². The van der Waals surface area contributed by atoms with E-state index in [9.17, 15) is 5.11 Å². The number of rotatable bonds is 2. The summed E-state index contributed by atoms with van der Waals surface area (Å²) in [5.74, 6) is 0.683. The fraction of sp³-hybridized carbons (Fsp3) is 0.600. The molecular formula is C10H16O. The number of allylic oxidation sites excluding steroid dienone is 2. The van der Waals surface area contributed by atoms with E-state index in [1.165, 1.54) is 0 Å². The maximum Gasteiger partial charge on any atom is 0.0611 e. The summed E-state index contributed by atoms with van der Waals surface area (Å²) in [6.07, 6.45) is 7.93. The van der Waals surface area contributed by atoms with Crippen LogP contribution in [0.5, 0.6) is 0 Å². The van der Waals surface area contributed by atoms with E-state index >= 15 is 0 Å². The van der Waals surface area contributed by atoms with Gasteiger partial charge >= 0.3 is 0 Å². The van der Waals surface area contributed by atoms with Gasteiger partial charge in [0.15, 0.2) is 0 Å². The summed E-state index contributed by atoms with van der Waals surface area (Å²) in [6, 6.07) is 0. The molecule has 3 atom stereocenters. The molecule has 1 rings (SSSR count). The van der Waals surface area contributed by atoms with E-state index < -0.39 is 0 Å². The van der Waals surface area contributed by atoms with Gasteiger partial charge in [0.1, 0.15) is 0 Å². The molecule has 1 aliphatic rings.